The normalized spacial score (nSPS) is 11.1. The van der Waals surface area contributed by atoms with Crippen molar-refractivity contribution >= 4 is 16.6 Å². The van der Waals surface area contributed by atoms with E-state index in [2.05, 4.69) is 24.3 Å². The number of hydrogen-bond acceptors (Lipinski definition) is 2. The van der Waals surface area contributed by atoms with Crippen LogP contribution in [0.4, 0.5) is 0 Å². The molecular formula is C20H31NO. The van der Waals surface area contributed by atoms with Gasteiger partial charge >= 0.3 is 0 Å². The summed E-state index contributed by atoms with van der Waals surface area (Å²) in [7, 11) is 0. The molecule has 2 N–H and O–H groups in total. The first kappa shape index (κ1) is 20.3. The van der Waals surface area contributed by atoms with Crippen molar-refractivity contribution in [2.45, 2.75) is 54.0 Å². The maximum atomic E-state index is 11.9. The number of ketones is 1. The van der Waals surface area contributed by atoms with Crippen molar-refractivity contribution in [1.29, 1.82) is 0 Å². The van der Waals surface area contributed by atoms with Gasteiger partial charge in [-0.2, -0.15) is 0 Å². The summed E-state index contributed by atoms with van der Waals surface area (Å²) in [4.78, 5) is 11.9. The number of carbonyl (C=O) groups excluding carboxylic acids is 1. The van der Waals surface area contributed by atoms with E-state index in [0.29, 0.717) is 6.42 Å². The molecule has 0 aliphatic carbocycles. The Morgan fingerprint density at radius 2 is 1.50 bits per heavy atom. The predicted molar refractivity (Wildman–Crippen MR) is 98.2 cm³/mol. The van der Waals surface area contributed by atoms with Crippen molar-refractivity contribution < 1.29 is 4.79 Å². The van der Waals surface area contributed by atoms with Crippen LogP contribution in [0.1, 0.15) is 47.1 Å². The molecule has 0 heterocycles. The quantitative estimate of drug-likeness (QED) is 0.864. The summed E-state index contributed by atoms with van der Waals surface area (Å²) in [5.74, 6) is 0.123. The van der Waals surface area contributed by atoms with Crippen LogP contribution in [0.15, 0.2) is 42.5 Å². The van der Waals surface area contributed by atoms with E-state index in [9.17, 15) is 4.79 Å². The molecule has 2 rings (SSSR count). The highest BCUT2D eigenvalue weighted by Gasteiger charge is 2.17. The van der Waals surface area contributed by atoms with Gasteiger partial charge in [0.05, 0.1) is 6.04 Å². The first-order valence-corrected chi connectivity index (χ1v) is 8.35. The van der Waals surface area contributed by atoms with Crippen molar-refractivity contribution in [3.05, 3.63) is 48.0 Å². The van der Waals surface area contributed by atoms with E-state index in [4.69, 9.17) is 5.73 Å². The summed E-state index contributed by atoms with van der Waals surface area (Å²) in [6.45, 7) is 11.8. The number of fused-ring (bicyclic) bond motifs is 1. The fourth-order valence-corrected chi connectivity index (χ4v) is 2.24. The summed E-state index contributed by atoms with van der Waals surface area (Å²) in [6, 6.07) is 13.9. The lowest BCUT2D eigenvalue weighted by molar-refractivity contribution is -0.123. The Morgan fingerprint density at radius 3 is 2.09 bits per heavy atom. The van der Waals surface area contributed by atoms with E-state index < -0.39 is 6.04 Å². The number of carbonyl (C=O) groups is 1. The van der Waals surface area contributed by atoms with Crippen molar-refractivity contribution in [3.8, 4) is 0 Å². The van der Waals surface area contributed by atoms with E-state index in [-0.39, 0.29) is 11.7 Å². The Hall–Kier alpha value is -1.67. The van der Waals surface area contributed by atoms with Gasteiger partial charge in [-0.1, -0.05) is 84.0 Å². The number of hydrogen-bond donors (Lipinski definition) is 1. The minimum absolute atomic E-state index is 0.00465. The molecule has 2 aromatic rings. The van der Waals surface area contributed by atoms with Gasteiger partial charge in [-0.15, -0.1) is 0 Å². The fraction of sp³-hybridized carbons (Fsp3) is 0.450. The summed E-state index contributed by atoms with van der Waals surface area (Å²) in [6.07, 6.45) is 0.609. The fourth-order valence-electron chi connectivity index (χ4n) is 2.24. The van der Waals surface area contributed by atoms with Gasteiger partial charge < -0.3 is 5.73 Å². The number of rotatable bonds is 4. The van der Waals surface area contributed by atoms with E-state index >= 15 is 0 Å². The second kappa shape index (κ2) is 11.0. The molecule has 0 spiro atoms. The smallest absolute Gasteiger partial charge is 0.152 e. The highest BCUT2D eigenvalue weighted by Crippen LogP contribution is 2.20. The maximum Gasteiger partial charge on any atom is 0.152 e. The van der Waals surface area contributed by atoms with Crippen LogP contribution in [0.25, 0.3) is 10.8 Å². The lowest BCUT2D eigenvalue weighted by Gasteiger charge is -2.14. The highest BCUT2D eigenvalue weighted by atomic mass is 16.1. The average molecular weight is 301 g/mol. The predicted octanol–water partition coefficient (Wildman–Crippen LogP) is 4.99. The van der Waals surface area contributed by atoms with Gasteiger partial charge in [0, 0.05) is 5.92 Å². The molecule has 0 saturated heterocycles. The van der Waals surface area contributed by atoms with Crippen LogP contribution in [0.2, 0.25) is 0 Å². The van der Waals surface area contributed by atoms with Gasteiger partial charge in [0.15, 0.2) is 5.78 Å². The molecule has 1 unspecified atom stereocenters. The molecule has 22 heavy (non-hydrogen) atoms. The highest BCUT2D eigenvalue weighted by molar-refractivity contribution is 5.89. The van der Waals surface area contributed by atoms with Crippen molar-refractivity contribution in [2.24, 2.45) is 11.7 Å². The molecule has 0 fully saturated rings. The minimum Gasteiger partial charge on any atom is -0.321 e. The third-order valence-corrected chi connectivity index (χ3v) is 3.25. The van der Waals surface area contributed by atoms with E-state index in [1.54, 1.807) is 0 Å². The number of benzene rings is 2. The molecule has 0 aromatic heterocycles. The van der Waals surface area contributed by atoms with Crippen molar-refractivity contribution in [1.82, 2.24) is 0 Å². The molecule has 0 bridgehead atoms. The number of nitrogens with two attached hydrogens (primary N) is 1. The molecule has 0 radical (unpaired) electrons. The lowest BCUT2D eigenvalue weighted by Crippen LogP contribution is -2.35. The molecule has 1 atom stereocenters. The van der Waals surface area contributed by atoms with Crippen LogP contribution in [0.5, 0.6) is 0 Å². The molecule has 2 aromatic carbocycles. The molecule has 0 saturated carbocycles. The van der Waals surface area contributed by atoms with Gasteiger partial charge in [-0.3, -0.25) is 4.79 Å². The molecule has 122 valence electrons. The standard InChI is InChI=1S/C16H19NO.2C2H6/c1-11(2)16(18)15(17)10-13-8-5-7-12-6-3-4-9-14(12)13;2*1-2/h3-9,11,15H,10,17H2,1-2H3;2*1-2H3. The second-order valence-electron chi connectivity index (χ2n) is 5.01. The van der Waals surface area contributed by atoms with Crippen LogP contribution in [-0.2, 0) is 11.2 Å². The topological polar surface area (TPSA) is 43.1 Å². The monoisotopic (exact) mass is 301 g/mol. The largest absolute Gasteiger partial charge is 0.321 e. The SMILES string of the molecule is CC.CC.CC(C)C(=O)C(N)Cc1cccc2ccccc12. The van der Waals surface area contributed by atoms with Crippen LogP contribution in [-0.4, -0.2) is 11.8 Å². The van der Waals surface area contributed by atoms with Gasteiger partial charge in [0.1, 0.15) is 0 Å². The molecule has 2 heteroatoms. The number of Topliss-reactive ketones (excluding diaryl/α,β-unsaturated/α-hetero) is 1. The Balaban J connectivity index is 0.00000102. The molecule has 0 aliphatic heterocycles. The Bertz CT molecular complexity index is 555. The molecule has 2 nitrogen and oxygen atoms in total. The molecule has 0 amide bonds. The van der Waals surface area contributed by atoms with Gasteiger partial charge in [-0.05, 0) is 22.8 Å². The zero-order chi connectivity index (χ0) is 17.1. The third-order valence-electron chi connectivity index (χ3n) is 3.25. The van der Waals surface area contributed by atoms with Crippen LogP contribution in [0.3, 0.4) is 0 Å². The van der Waals surface area contributed by atoms with Gasteiger partial charge in [-0.25, -0.2) is 0 Å². The summed E-state index contributed by atoms with van der Waals surface area (Å²) >= 11 is 0. The Labute approximate surface area is 135 Å². The van der Waals surface area contributed by atoms with Gasteiger partial charge in [0.2, 0.25) is 0 Å². The van der Waals surface area contributed by atoms with Crippen molar-refractivity contribution in [2.75, 3.05) is 0 Å². The Kier molecular flexibility index (Phi) is 10.1. The van der Waals surface area contributed by atoms with Gasteiger partial charge in [0.25, 0.3) is 0 Å². The molecular weight excluding hydrogens is 270 g/mol. The second-order valence-corrected chi connectivity index (χ2v) is 5.01. The minimum atomic E-state index is -0.407. The van der Waals surface area contributed by atoms with Crippen LogP contribution >= 0.6 is 0 Å². The first-order chi connectivity index (χ1) is 10.6. The van der Waals surface area contributed by atoms with Crippen LogP contribution < -0.4 is 5.73 Å². The third kappa shape index (κ3) is 5.61. The van der Waals surface area contributed by atoms with E-state index in [1.807, 2.05) is 59.7 Å². The van der Waals surface area contributed by atoms with E-state index in [0.717, 1.165) is 5.56 Å². The molecule has 0 aliphatic rings. The van der Waals surface area contributed by atoms with Crippen molar-refractivity contribution in [3.63, 3.8) is 0 Å². The summed E-state index contributed by atoms with van der Waals surface area (Å²) in [5, 5.41) is 2.38. The zero-order valence-corrected chi connectivity index (χ0v) is 14.9. The van der Waals surface area contributed by atoms with E-state index in [1.165, 1.54) is 10.8 Å². The summed E-state index contributed by atoms with van der Waals surface area (Å²) < 4.78 is 0. The maximum absolute atomic E-state index is 11.9. The Morgan fingerprint density at radius 1 is 0.955 bits per heavy atom. The summed E-state index contributed by atoms with van der Waals surface area (Å²) in [5.41, 5.74) is 7.14. The zero-order valence-electron chi connectivity index (χ0n) is 14.9. The van der Waals surface area contributed by atoms with Crippen LogP contribution in [0, 0.1) is 5.92 Å². The lowest BCUT2D eigenvalue weighted by atomic mass is 9.94. The average Bonchev–Trinajstić information content (AvgIpc) is 2.58. The first-order valence-electron chi connectivity index (χ1n) is 8.35.